The Kier molecular flexibility index (Phi) is 7.77. The summed E-state index contributed by atoms with van der Waals surface area (Å²) in [4.78, 5) is 5.70. The molecule has 3 aliphatic heterocycles. The van der Waals surface area contributed by atoms with E-state index in [2.05, 4.69) is 0 Å². The third-order valence-corrected chi connectivity index (χ3v) is 13.1. The Morgan fingerprint density at radius 3 is 1.30 bits per heavy atom. The van der Waals surface area contributed by atoms with Crippen molar-refractivity contribution in [3.8, 4) is 34.5 Å². The summed E-state index contributed by atoms with van der Waals surface area (Å²) in [7, 11) is -9.96. The normalized spacial score (nSPS) is 20.6. The van der Waals surface area contributed by atoms with Crippen LogP contribution in [0, 0.1) is 27.7 Å². The van der Waals surface area contributed by atoms with Crippen LogP contribution in [0.2, 0.25) is 0 Å². The van der Waals surface area contributed by atoms with E-state index in [9.17, 15) is 19.3 Å². The quantitative estimate of drug-likeness (QED) is 0.118. The van der Waals surface area contributed by atoms with E-state index < -0.39 is 15.6 Å². The Morgan fingerprint density at radius 2 is 0.840 bits per heavy atom. The standard InChI is InChI=1S/C38H34O10P2/c1-21-26-9-5-13-33(21)43-47-50(42)46-36-16-6-10-25(22(36)2)17-29-30(18-26)37(39)32-20-28-12-8-15-35(24(28)4)45-49(41,48-50)44-34-14-7-11-27(23(34)3)19-31(29)38(32)40/h5-16,39-40H,17-20H2,1-4H3. The number of aromatic hydroxyl groups is 2. The molecule has 0 spiro atoms. The highest BCUT2D eigenvalue weighted by molar-refractivity contribution is 7.62. The highest BCUT2D eigenvalue weighted by atomic mass is 31.3. The van der Waals surface area contributed by atoms with Crippen LogP contribution in [0.3, 0.4) is 0 Å². The van der Waals surface area contributed by atoms with Gasteiger partial charge in [-0.15, -0.1) is 0 Å². The first-order valence-corrected chi connectivity index (χ1v) is 19.1. The zero-order valence-corrected chi connectivity index (χ0v) is 29.6. The number of phenols is 2. The molecule has 0 radical (unpaired) electrons. The maximum atomic E-state index is 15.0. The zero-order chi connectivity index (χ0) is 34.9. The summed E-state index contributed by atoms with van der Waals surface area (Å²) >= 11 is 0. The molecule has 2 atom stereocenters. The van der Waals surface area contributed by atoms with Crippen LogP contribution in [-0.4, -0.2) is 10.2 Å². The molecule has 8 rings (SSSR count). The Hall–Kier alpha value is -4.72. The van der Waals surface area contributed by atoms with Gasteiger partial charge in [-0.2, -0.15) is 4.31 Å². The number of hydrogen-bond acceptors (Lipinski definition) is 10. The Labute approximate surface area is 289 Å². The first kappa shape index (κ1) is 32.5. The predicted octanol–water partition coefficient (Wildman–Crippen LogP) is 9.42. The van der Waals surface area contributed by atoms with Crippen molar-refractivity contribution in [3.05, 3.63) is 140 Å². The van der Waals surface area contributed by atoms with Crippen molar-refractivity contribution < 1.29 is 46.8 Å². The van der Waals surface area contributed by atoms with Crippen LogP contribution < -0.4 is 18.5 Å². The van der Waals surface area contributed by atoms with Gasteiger partial charge in [-0.05, 0) is 108 Å². The van der Waals surface area contributed by atoms with E-state index >= 15 is 0 Å². The molecule has 2 unspecified atom stereocenters. The van der Waals surface area contributed by atoms with Gasteiger partial charge in [0.25, 0.3) is 0 Å². The van der Waals surface area contributed by atoms with Gasteiger partial charge in [0, 0.05) is 36.0 Å². The molecule has 3 aliphatic rings. The number of phosphoric acid groups is 2. The molecule has 256 valence electrons. The molecule has 5 aromatic rings. The lowest BCUT2D eigenvalue weighted by Crippen LogP contribution is -2.12. The Bertz CT molecular complexity index is 2330. The first-order valence-electron chi connectivity index (χ1n) is 16.2. The topological polar surface area (TPSA) is 130 Å². The number of hydrogen-bond donors (Lipinski definition) is 2. The number of phenolic OH excluding ortho intramolecular Hbond substituents is 2. The van der Waals surface area contributed by atoms with Crippen molar-refractivity contribution in [2.45, 2.75) is 53.4 Å². The van der Waals surface area contributed by atoms with Crippen molar-refractivity contribution in [1.82, 2.24) is 0 Å². The summed E-state index contributed by atoms with van der Waals surface area (Å²) in [6, 6.07) is 20.7. The predicted molar refractivity (Wildman–Crippen MR) is 186 cm³/mol. The third-order valence-electron chi connectivity index (χ3n) is 9.97. The molecule has 0 amide bonds. The molecule has 12 heteroatoms. The summed E-state index contributed by atoms with van der Waals surface area (Å²) in [6.45, 7) is 7.12. The van der Waals surface area contributed by atoms with Gasteiger partial charge in [0.05, 0.1) is 0 Å². The minimum Gasteiger partial charge on any atom is -0.507 e. The first-order chi connectivity index (χ1) is 23.9. The molecule has 10 nitrogen and oxygen atoms in total. The smallest absolute Gasteiger partial charge is 0.507 e. The van der Waals surface area contributed by atoms with Gasteiger partial charge in [-0.3, -0.25) is 0 Å². The highest BCUT2D eigenvalue weighted by Gasteiger charge is 2.48. The van der Waals surface area contributed by atoms with Crippen molar-refractivity contribution in [2.75, 3.05) is 0 Å². The average molecular weight is 713 g/mol. The van der Waals surface area contributed by atoms with E-state index in [1.165, 1.54) is 0 Å². The van der Waals surface area contributed by atoms with E-state index in [-0.39, 0.29) is 60.2 Å². The van der Waals surface area contributed by atoms with Crippen LogP contribution in [0.25, 0.3) is 0 Å². The second-order valence-corrected chi connectivity index (χ2v) is 16.0. The van der Waals surface area contributed by atoms with Crippen molar-refractivity contribution in [2.24, 2.45) is 0 Å². The molecule has 2 N–H and O–H groups in total. The number of fused-ring (bicyclic) bond motifs is 7. The molecule has 0 aromatic heterocycles. The van der Waals surface area contributed by atoms with Gasteiger partial charge in [0.15, 0.2) is 5.75 Å². The van der Waals surface area contributed by atoms with Gasteiger partial charge in [0.2, 0.25) is 0 Å². The molecule has 3 heterocycles. The van der Waals surface area contributed by atoms with E-state index in [0.29, 0.717) is 44.5 Å². The van der Waals surface area contributed by atoms with Gasteiger partial charge in [0.1, 0.15) is 28.7 Å². The summed E-state index contributed by atoms with van der Waals surface area (Å²) < 4.78 is 59.4. The highest BCUT2D eigenvalue weighted by Crippen LogP contribution is 2.66. The van der Waals surface area contributed by atoms with Crippen molar-refractivity contribution in [3.63, 3.8) is 0 Å². The minimum atomic E-state index is -5.01. The largest absolute Gasteiger partial charge is 0.597 e. The van der Waals surface area contributed by atoms with Gasteiger partial charge >= 0.3 is 15.6 Å². The van der Waals surface area contributed by atoms with E-state index in [4.69, 9.17) is 27.4 Å². The van der Waals surface area contributed by atoms with Crippen LogP contribution in [0.5, 0.6) is 34.5 Å². The summed E-state index contributed by atoms with van der Waals surface area (Å²) in [5, 5.41) is 24.6. The van der Waals surface area contributed by atoms with E-state index in [0.717, 1.165) is 22.3 Å². The SMILES string of the molecule is Cc1c2cccc1OOP1(=O)Oc3cccc(c3C)Cc3c(c(O)c4c(O)c3Cc3cccc(c3C)OP(=O)(Oc3cccc(c3C)C4)O1)C2. The third kappa shape index (κ3) is 5.53. The van der Waals surface area contributed by atoms with Crippen LogP contribution in [-0.2, 0) is 43.8 Å². The van der Waals surface area contributed by atoms with Crippen molar-refractivity contribution >= 4 is 15.6 Å². The van der Waals surface area contributed by atoms with Gasteiger partial charge in [-0.25, -0.2) is 9.13 Å². The average Bonchev–Trinajstić information content (AvgIpc) is 3.07. The minimum absolute atomic E-state index is 0.0223. The monoisotopic (exact) mass is 712 g/mol. The van der Waals surface area contributed by atoms with Crippen molar-refractivity contribution in [1.29, 1.82) is 0 Å². The lowest BCUT2D eigenvalue weighted by atomic mass is 9.82. The lowest BCUT2D eigenvalue weighted by Gasteiger charge is -2.25. The fourth-order valence-corrected chi connectivity index (χ4v) is 9.97. The van der Waals surface area contributed by atoms with E-state index in [1.54, 1.807) is 76.2 Å². The molecule has 0 fully saturated rings. The molecule has 5 aromatic carbocycles. The van der Waals surface area contributed by atoms with Gasteiger partial charge < -0.3 is 28.7 Å². The zero-order valence-electron chi connectivity index (χ0n) is 27.8. The lowest BCUT2D eigenvalue weighted by molar-refractivity contribution is -0.120. The van der Waals surface area contributed by atoms with Gasteiger partial charge in [-0.1, -0.05) is 53.2 Å². The molecule has 50 heavy (non-hydrogen) atoms. The molecular weight excluding hydrogens is 678 g/mol. The fraction of sp³-hybridized carbons (Fsp3) is 0.211. The fourth-order valence-electron chi connectivity index (χ4n) is 6.93. The second-order valence-electron chi connectivity index (χ2n) is 12.9. The van der Waals surface area contributed by atoms with Crippen LogP contribution in [0.1, 0.15) is 66.8 Å². The van der Waals surface area contributed by atoms with E-state index in [1.807, 2.05) is 24.3 Å². The molecule has 0 aliphatic carbocycles. The summed E-state index contributed by atoms with van der Waals surface area (Å²) in [5.41, 5.74) is 7.62. The number of phosphoric ester groups is 1. The summed E-state index contributed by atoms with van der Waals surface area (Å²) in [6.07, 6.45) is 0.914. The second kappa shape index (κ2) is 12.0. The summed E-state index contributed by atoms with van der Waals surface area (Å²) in [5.74, 6) is 0.456. The van der Waals surface area contributed by atoms with Crippen LogP contribution in [0.4, 0.5) is 0 Å². The Morgan fingerprint density at radius 1 is 0.480 bits per heavy atom. The van der Waals surface area contributed by atoms with Crippen LogP contribution >= 0.6 is 15.6 Å². The van der Waals surface area contributed by atoms with Crippen LogP contribution in [0.15, 0.2) is 72.8 Å². The Balaban J connectivity index is 1.57. The number of benzene rings is 5. The number of rotatable bonds is 0. The molecule has 0 saturated carbocycles. The molecular formula is C38H34O10P2. The molecule has 13 bridgehead atoms. The molecule has 0 saturated heterocycles. The maximum Gasteiger partial charge on any atom is 0.597 e. The maximum absolute atomic E-state index is 15.0.